The van der Waals surface area contributed by atoms with E-state index in [0.717, 1.165) is 0 Å². The number of carbonyl (C=O) groups is 1. The van der Waals surface area contributed by atoms with Crippen molar-refractivity contribution in [2.24, 2.45) is 7.05 Å². The van der Waals surface area contributed by atoms with Crippen LogP contribution < -0.4 is 5.32 Å². The van der Waals surface area contributed by atoms with Crippen molar-refractivity contribution in [1.29, 1.82) is 0 Å². The van der Waals surface area contributed by atoms with Crippen LogP contribution >= 0.6 is 23.2 Å². The fourth-order valence-electron chi connectivity index (χ4n) is 1.33. The van der Waals surface area contributed by atoms with Gasteiger partial charge in [0.15, 0.2) is 5.82 Å². The molecule has 0 radical (unpaired) electrons. The van der Waals surface area contributed by atoms with E-state index in [4.69, 9.17) is 23.2 Å². The molecule has 2 aromatic rings. The number of nitrogens with zero attached hydrogens (tertiary/aromatic N) is 3. The molecule has 0 saturated heterocycles. The lowest BCUT2D eigenvalue weighted by atomic mass is 10.4. The smallest absolute Gasteiger partial charge is 0.273 e. The monoisotopic (exact) mass is 270 g/mol. The van der Waals surface area contributed by atoms with Crippen LogP contribution in [0, 0.1) is 0 Å². The molecule has 17 heavy (non-hydrogen) atoms. The lowest BCUT2D eigenvalue weighted by Crippen LogP contribution is -2.16. The number of aromatic nitrogens is 3. The van der Waals surface area contributed by atoms with Crippen LogP contribution in [0.3, 0.4) is 0 Å². The number of aryl methyl sites for hydroxylation is 1. The summed E-state index contributed by atoms with van der Waals surface area (Å²) >= 11 is 11.4. The lowest BCUT2D eigenvalue weighted by molar-refractivity contribution is 0.101. The van der Waals surface area contributed by atoms with E-state index in [2.05, 4.69) is 15.3 Å². The Balaban J connectivity index is 2.20. The molecule has 88 valence electrons. The third kappa shape index (κ3) is 2.75. The van der Waals surface area contributed by atoms with Crippen LogP contribution in [0.1, 0.15) is 10.5 Å². The van der Waals surface area contributed by atoms with Gasteiger partial charge in [-0.3, -0.25) is 9.78 Å². The van der Waals surface area contributed by atoms with Crippen molar-refractivity contribution in [1.82, 2.24) is 14.5 Å². The van der Waals surface area contributed by atoms with Crippen LogP contribution in [0.15, 0.2) is 24.7 Å². The first-order valence-corrected chi connectivity index (χ1v) is 5.42. The Morgan fingerprint density at radius 3 is 2.76 bits per heavy atom. The Bertz CT molecular complexity index is 567. The predicted octanol–water partition coefficient (Wildman–Crippen LogP) is 2.37. The molecule has 7 heteroatoms. The van der Waals surface area contributed by atoms with Gasteiger partial charge in [-0.25, -0.2) is 4.98 Å². The van der Waals surface area contributed by atoms with Gasteiger partial charge >= 0.3 is 0 Å². The van der Waals surface area contributed by atoms with Crippen LogP contribution in [-0.4, -0.2) is 20.4 Å². The number of carbonyl (C=O) groups excluding carboxylic acids is 1. The summed E-state index contributed by atoms with van der Waals surface area (Å²) in [6.07, 6.45) is 4.44. The molecule has 1 amide bonds. The summed E-state index contributed by atoms with van der Waals surface area (Å²) in [5.74, 6) is -0.0317. The molecular weight excluding hydrogens is 263 g/mol. The van der Waals surface area contributed by atoms with Crippen molar-refractivity contribution in [3.05, 3.63) is 40.5 Å². The minimum Gasteiger partial charge on any atom is -0.345 e. The van der Waals surface area contributed by atoms with Crippen molar-refractivity contribution in [3.8, 4) is 0 Å². The van der Waals surface area contributed by atoms with Gasteiger partial charge in [0.25, 0.3) is 5.91 Å². The largest absolute Gasteiger partial charge is 0.345 e. The molecule has 0 aliphatic heterocycles. The van der Waals surface area contributed by atoms with Crippen molar-refractivity contribution in [2.75, 3.05) is 5.32 Å². The first-order valence-electron chi connectivity index (χ1n) is 4.67. The predicted molar refractivity (Wildman–Crippen MR) is 65.4 cm³/mol. The number of rotatable bonds is 2. The molecule has 0 atom stereocenters. The topological polar surface area (TPSA) is 59.8 Å². The molecule has 1 N–H and O–H groups in total. The van der Waals surface area contributed by atoms with Crippen molar-refractivity contribution in [3.63, 3.8) is 0 Å². The average Bonchev–Trinajstić information content (AvgIpc) is 2.58. The van der Waals surface area contributed by atoms with E-state index in [-0.39, 0.29) is 11.1 Å². The average molecular weight is 271 g/mol. The summed E-state index contributed by atoms with van der Waals surface area (Å²) < 4.78 is 1.62. The minimum absolute atomic E-state index is 0.215. The van der Waals surface area contributed by atoms with Gasteiger partial charge in [-0.1, -0.05) is 23.2 Å². The highest BCUT2D eigenvalue weighted by molar-refractivity contribution is 6.31. The molecule has 0 unspecified atom stereocenters. The normalized spacial score (nSPS) is 10.3. The Morgan fingerprint density at radius 1 is 1.41 bits per heavy atom. The van der Waals surface area contributed by atoms with Crippen molar-refractivity contribution >= 4 is 34.9 Å². The van der Waals surface area contributed by atoms with E-state index < -0.39 is 0 Å². The third-order valence-electron chi connectivity index (χ3n) is 2.05. The summed E-state index contributed by atoms with van der Waals surface area (Å²) in [6.45, 7) is 0. The van der Waals surface area contributed by atoms with Gasteiger partial charge in [-0.05, 0) is 6.07 Å². The minimum atomic E-state index is -0.323. The fraction of sp³-hybridized carbons (Fsp3) is 0.100. The molecule has 0 aliphatic carbocycles. The first-order chi connectivity index (χ1) is 8.06. The highest BCUT2D eigenvalue weighted by atomic mass is 35.5. The number of amides is 1. The second kappa shape index (κ2) is 4.73. The van der Waals surface area contributed by atoms with Crippen LogP contribution in [-0.2, 0) is 7.05 Å². The number of hydrogen-bond donors (Lipinski definition) is 1. The van der Waals surface area contributed by atoms with Crippen molar-refractivity contribution in [2.45, 2.75) is 0 Å². The van der Waals surface area contributed by atoms with Gasteiger partial charge in [0, 0.05) is 13.2 Å². The lowest BCUT2D eigenvalue weighted by Gasteiger charge is -2.04. The highest BCUT2D eigenvalue weighted by Gasteiger charge is 2.12. The standard InChI is InChI=1S/C10H8Cl2N4O/c1-16-5-6(11)2-7(16)10(17)15-9-4-13-3-8(12)14-9/h2-5H,1H3,(H,14,15,17). The number of hydrogen-bond acceptors (Lipinski definition) is 3. The van der Waals surface area contributed by atoms with Crippen LogP contribution in [0.5, 0.6) is 0 Å². The van der Waals surface area contributed by atoms with Crippen LogP contribution in [0.25, 0.3) is 0 Å². The molecule has 0 spiro atoms. The maximum absolute atomic E-state index is 11.9. The summed E-state index contributed by atoms with van der Waals surface area (Å²) in [6, 6.07) is 1.56. The molecule has 0 aromatic carbocycles. The molecule has 2 aromatic heterocycles. The highest BCUT2D eigenvalue weighted by Crippen LogP contribution is 2.14. The maximum atomic E-state index is 11.9. The number of nitrogens with one attached hydrogen (secondary N) is 1. The molecule has 5 nitrogen and oxygen atoms in total. The SMILES string of the molecule is Cn1cc(Cl)cc1C(=O)Nc1cncc(Cl)n1. The zero-order valence-electron chi connectivity index (χ0n) is 8.82. The Hall–Kier alpha value is -1.59. The van der Waals surface area contributed by atoms with E-state index in [0.29, 0.717) is 16.5 Å². The molecule has 2 rings (SSSR count). The fourth-order valence-corrected chi connectivity index (χ4v) is 1.73. The quantitative estimate of drug-likeness (QED) is 0.912. The molecule has 0 fully saturated rings. The maximum Gasteiger partial charge on any atom is 0.273 e. The van der Waals surface area contributed by atoms with Gasteiger partial charge in [-0.15, -0.1) is 0 Å². The summed E-state index contributed by atoms with van der Waals surface area (Å²) in [4.78, 5) is 19.6. The van der Waals surface area contributed by atoms with Gasteiger partial charge in [0.05, 0.1) is 17.4 Å². The van der Waals surface area contributed by atoms with E-state index in [1.807, 2.05) is 0 Å². The zero-order chi connectivity index (χ0) is 12.4. The van der Waals surface area contributed by atoms with Gasteiger partial charge in [0.1, 0.15) is 10.8 Å². The van der Waals surface area contributed by atoms with E-state index in [1.165, 1.54) is 12.4 Å². The van der Waals surface area contributed by atoms with Crippen LogP contribution in [0.2, 0.25) is 10.2 Å². The molecule has 0 aliphatic rings. The van der Waals surface area contributed by atoms with Gasteiger partial charge in [-0.2, -0.15) is 0 Å². The van der Waals surface area contributed by atoms with Gasteiger partial charge in [0.2, 0.25) is 0 Å². The van der Waals surface area contributed by atoms with Crippen LogP contribution in [0.4, 0.5) is 5.82 Å². The number of halogens is 2. The molecule has 2 heterocycles. The second-order valence-electron chi connectivity index (χ2n) is 3.34. The number of anilines is 1. The first kappa shape index (κ1) is 11.9. The Labute approximate surface area is 107 Å². The Morgan fingerprint density at radius 2 is 2.18 bits per heavy atom. The Kier molecular flexibility index (Phi) is 3.31. The molecule has 0 bridgehead atoms. The third-order valence-corrected chi connectivity index (χ3v) is 2.44. The summed E-state index contributed by atoms with van der Waals surface area (Å²) in [7, 11) is 1.73. The zero-order valence-corrected chi connectivity index (χ0v) is 10.3. The van der Waals surface area contributed by atoms with Gasteiger partial charge < -0.3 is 9.88 Å². The van der Waals surface area contributed by atoms with E-state index in [1.54, 1.807) is 23.9 Å². The summed E-state index contributed by atoms with van der Waals surface area (Å²) in [5, 5.41) is 3.29. The molecular formula is C10H8Cl2N4O. The van der Waals surface area contributed by atoms with E-state index in [9.17, 15) is 4.79 Å². The second-order valence-corrected chi connectivity index (χ2v) is 4.16. The summed E-state index contributed by atoms with van der Waals surface area (Å²) in [5.41, 5.74) is 0.428. The molecule has 0 saturated carbocycles. The van der Waals surface area contributed by atoms with E-state index >= 15 is 0 Å². The van der Waals surface area contributed by atoms with Crippen molar-refractivity contribution < 1.29 is 4.79 Å².